The fraction of sp³-hybridized carbons (Fsp3) is 0.722. The molecular formula is C18H29N3. The molecule has 2 aliphatic heterocycles. The summed E-state index contributed by atoms with van der Waals surface area (Å²) < 4.78 is 0. The molecule has 1 aromatic heterocycles. The van der Waals surface area contributed by atoms with Crippen LogP contribution in [0.2, 0.25) is 0 Å². The Morgan fingerprint density at radius 1 is 1.14 bits per heavy atom. The lowest BCUT2D eigenvalue weighted by molar-refractivity contribution is 0.228. The van der Waals surface area contributed by atoms with Gasteiger partial charge in [0.15, 0.2) is 0 Å². The molecule has 0 saturated carbocycles. The number of anilines is 1. The lowest BCUT2D eigenvalue weighted by atomic mass is 10.0. The fourth-order valence-corrected chi connectivity index (χ4v) is 3.90. The Balaban J connectivity index is 1.78. The van der Waals surface area contributed by atoms with Gasteiger partial charge in [0, 0.05) is 31.4 Å². The molecule has 0 amide bonds. The van der Waals surface area contributed by atoms with Crippen molar-refractivity contribution in [2.24, 2.45) is 5.92 Å². The van der Waals surface area contributed by atoms with Crippen molar-refractivity contribution in [1.82, 2.24) is 9.88 Å². The van der Waals surface area contributed by atoms with E-state index in [1.165, 1.54) is 68.9 Å². The fourth-order valence-electron chi connectivity index (χ4n) is 3.90. The Labute approximate surface area is 129 Å². The van der Waals surface area contributed by atoms with E-state index in [0.29, 0.717) is 6.04 Å². The van der Waals surface area contributed by atoms with Crippen LogP contribution >= 0.6 is 0 Å². The minimum atomic E-state index is 0.590. The number of likely N-dealkylation sites (tertiary alicyclic amines) is 1. The lowest BCUT2D eigenvalue weighted by Crippen LogP contribution is -2.28. The first kappa shape index (κ1) is 14.8. The van der Waals surface area contributed by atoms with Crippen LogP contribution in [0.3, 0.4) is 0 Å². The van der Waals surface area contributed by atoms with Gasteiger partial charge in [-0.3, -0.25) is 4.90 Å². The summed E-state index contributed by atoms with van der Waals surface area (Å²) in [5, 5.41) is 0. The standard InChI is InChI=1S/C18H29N3/c1-14(2)13-21-12-6-7-17(21)16-8-9-18(19-15(16)3)20-10-4-5-11-20/h8-9,14,17H,4-7,10-13H2,1-3H3. The maximum absolute atomic E-state index is 4.91. The van der Waals surface area contributed by atoms with E-state index in [-0.39, 0.29) is 0 Å². The van der Waals surface area contributed by atoms with Gasteiger partial charge in [-0.15, -0.1) is 0 Å². The molecule has 3 nitrogen and oxygen atoms in total. The molecule has 116 valence electrons. The van der Waals surface area contributed by atoms with E-state index in [1.54, 1.807) is 0 Å². The minimum absolute atomic E-state index is 0.590. The molecule has 1 unspecified atom stereocenters. The summed E-state index contributed by atoms with van der Waals surface area (Å²) in [5.41, 5.74) is 2.69. The summed E-state index contributed by atoms with van der Waals surface area (Å²) in [6.07, 6.45) is 5.24. The topological polar surface area (TPSA) is 19.4 Å². The van der Waals surface area contributed by atoms with E-state index in [9.17, 15) is 0 Å². The number of aromatic nitrogens is 1. The van der Waals surface area contributed by atoms with Gasteiger partial charge in [0.05, 0.1) is 0 Å². The third-order valence-electron chi connectivity index (χ3n) is 4.86. The molecule has 2 fully saturated rings. The van der Waals surface area contributed by atoms with Crippen molar-refractivity contribution < 1.29 is 0 Å². The predicted octanol–water partition coefficient (Wildman–Crippen LogP) is 3.78. The number of hydrogen-bond acceptors (Lipinski definition) is 3. The highest BCUT2D eigenvalue weighted by atomic mass is 15.2. The van der Waals surface area contributed by atoms with Crippen LogP contribution in [0, 0.1) is 12.8 Å². The minimum Gasteiger partial charge on any atom is -0.357 e. The average molecular weight is 287 g/mol. The normalized spacial score (nSPS) is 23.4. The molecule has 1 atom stereocenters. The van der Waals surface area contributed by atoms with Crippen LogP contribution in [-0.4, -0.2) is 36.1 Å². The van der Waals surface area contributed by atoms with Gasteiger partial charge in [-0.05, 0) is 56.7 Å². The van der Waals surface area contributed by atoms with Crippen LogP contribution in [-0.2, 0) is 0 Å². The summed E-state index contributed by atoms with van der Waals surface area (Å²) in [6.45, 7) is 11.6. The Bertz CT molecular complexity index is 477. The van der Waals surface area contributed by atoms with Crippen molar-refractivity contribution >= 4 is 5.82 Å². The second-order valence-electron chi connectivity index (χ2n) is 7.09. The smallest absolute Gasteiger partial charge is 0.128 e. The van der Waals surface area contributed by atoms with Crippen LogP contribution in [0.15, 0.2) is 12.1 Å². The van der Waals surface area contributed by atoms with E-state index in [4.69, 9.17) is 4.98 Å². The number of aryl methyl sites for hydroxylation is 1. The summed E-state index contributed by atoms with van der Waals surface area (Å²) >= 11 is 0. The Morgan fingerprint density at radius 2 is 1.90 bits per heavy atom. The predicted molar refractivity (Wildman–Crippen MR) is 88.8 cm³/mol. The van der Waals surface area contributed by atoms with E-state index in [0.717, 1.165) is 5.92 Å². The van der Waals surface area contributed by atoms with Gasteiger partial charge in [0.2, 0.25) is 0 Å². The maximum atomic E-state index is 4.91. The van der Waals surface area contributed by atoms with Crippen LogP contribution in [0.4, 0.5) is 5.82 Å². The van der Waals surface area contributed by atoms with Crippen molar-refractivity contribution in [3.8, 4) is 0 Å². The van der Waals surface area contributed by atoms with E-state index in [2.05, 4.69) is 42.7 Å². The van der Waals surface area contributed by atoms with E-state index in [1.807, 2.05) is 0 Å². The van der Waals surface area contributed by atoms with Crippen LogP contribution in [0.25, 0.3) is 0 Å². The summed E-state index contributed by atoms with van der Waals surface area (Å²) in [6, 6.07) is 5.19. The van der Waals surface area contributed by atoms with Gasteiger partial charge in [-0.25, -0.2) is 4.98 Å². The van der Waals surface area contributed by atoms with Crippen molar-refractivity contribution in [3.05, 3.63) is 23.4 Å². The van der Waals surface area contributed by atoms with Crippen molar-refractivity contribution in [2.45, 2.75) is 52.5 Å². The second kappa shape index (κ2) is 6.35. The van der Waals surface area contributed by atoms with Gasteiger partial charge in [0.1, 0.15) is 5.82 Å². The van der Waals surface area contributed by atoms with Gasteiger partial charge in [0.25, 0.3) is 0 Å². The van der Waals surface area contributed by atoms with Crippen LogP contribution in [0.1, 0.15) is 56.8 Å². The highest BCUT2D eigenvalue weighted by molar-refractivity contribution is 5.43. The summed E-state index contributed by atoms with van der Waals surface area (Å²) in [5.74, 6) is 1.92. The quantitative estimate of drug-likeness (QED) is 0.840. The Morgan fingerprint density at radius 3 is 2.57 bits per heavy atom. The zero-order chi connectivity index (χ0) is 14.8. The zero-order valence-corrected chi connectivity index (χ0v) is 13.8. The third-order valence-corrected chi connectivity index (χ3v) is 4.86. The summed E-state index contributed by atoms with van der Waals surface area (Å²) in [7, 11) is 0. The average Bonchev–Trinajstić information content (AvgIpc) is 3.09. The zero-order valence-electron chi connectivity index (χ0n) is 13.8. The van der Waals surface area contributed by atoms with Gasteiger partial charge < -0.3 is 4.90 Å². The molecule has 0 spiro atoms. The molecule has 0 bridgehead atoms. The van der Waals surface area contributed by atoms with Crippen molar-refractivity contribution in [3.63, 3.8) is 0 Å². The Hall–Kier alpha value is -1.09. The molecule has 0 N–H and O–H groups in total. The lowest BCUT2D eigenvalue weighted by Gasteiger charge is -2.28. The summed E-state index contributed by atoms with van der Waals surface area (Å²) in [4.78, 5) is 10.00. The maximum Gasteiger partial charge on any atom is 0.128 e. The number of nitrogens with zero attached hydrogens (tertiary/aromatic N) is 3. The Kier molecular flexibility index (Phi) is 4.48. The van der Waals surface area contributed by atoms with Crippen molar-refractivity contribution in [2.75, 3.05) is 31.1 Å². The van der Waals surface area contributed by atoms with Gasteiger partial charge in [-0.1, -0.05) is 19.9 Å². The number of hydrogen-bond donors (Lipinski definition) is 0. The molecule has 3 heterocycles. The van der Waals surface area contributed by atoms with Crippen molar-refractivity contribution in [1.29, 1.82) is 0 Å². The molecule has 21 heavy (non-hydrogen) atoms. The molecule has 3 rings (SSSR count). The SMILES string of the molecule is Cc1nc(N2CCCC2)ccc1C1CCCN1CC(C)C. The number of pyridine rings is 1. The molecule has 2 saturated heterocycles. The molecule has 0 radical (unpaired) electrons. The molecule has 0 aliphatic carbocycles. The molecule has 0 aromatic carbocycles. The van der Waals surface area contributed by atoms with E-state index < -0.39 is 0 Å². The number of rotatable bonds is 4. The highest BCUT2D eigenvalue weighted by Gasteiger charge is 2.28. The van der Waals surface area contributed by atoms with Gasteiger partial charge >= 0.3 is 0 Å². The molecule has 3 heteroatoms. The molecule has 2 aliphatic rings. The highest BCUT2D eigenvalue weighted by Crippen LogP contribution is 2.34. The molecular weight excluding hydrogens is 258 g/mol. The van der Waals surface area contributed by atoms with Gasteiger partial charge in [-0.2, -0.15) is 0 Å². The first-order valence-corrected chi connectivity index (χ1v) is 8.61. The third kappa shape index (κ3) is 3.23. The second-order valence-corrected chi connectivity index (χ2v) is 7.09. The van der Waals surface area contributed by atoms with Crippen LogP contribution in [0.5, 0.6) is 0 Å². The largest absolute Gasteiger partial charge is 0.357 e. The monoisotopic (exact) mass is 287 g/mol. The first-order chi connectivity index (χ1) is 10.1. The first-order valence-electron chi connectivity index (χ1n) is 8.61. The molecule has 1 aromatic rings. The van der Waals surface area contributed by atoms with Crippen LogP contribution < -0.4 is 4.90 Å². The van der Waals surface area contributed by atoms with E-state index >= 15 is 0 Å².